The average molecular weight is 453 g/mol. The van der Waals surface area contributed by atoms with E-state index >= 15 is 0 Å². The van der Waals surface area contributed by atoms with Gasteiger partial charge in [-0.15, -0.1) is 22.7 Å². The second-order valence-electron chi connectivity index (χ2n) is 5.76. The Labute approximate surface area is 179 Å². The molecule has 2 heterocycles. The van der Waals surface area contributed by atoms with Gasteiger partial charge in [-0.1, -0.05) is 41.0 Å². The fraction of sp³-hybridized carbons (Fsp3) is 0.158. The lowest BCUT2D eigenvalue weighted by Gasteiger charge is -2.00. The maximum Gasteiger partial charge on any atom is 0.151 e. The van der Waals surface area contributed by atoms with Crippen LogP contribution < -0.4 is 4.74 Å². The minimum atomic E-state index is 0.574. The van der Waals surface area contributed by atoms with E-state index in [4.69, 9.17) is 32.9 Å². The molecule has 0 amide bonds. The van der Waals surface area contributed by atoms with Gasteiger partial charge in [-0.2, -0.15) is 0 Å². The number of ether oxygens (including phenoxy) is 1. The summed E-state index contributed by atoms with van der Waals surface area (Å²) in [6, 6.07) is 11.7. The Balaban J connectivity index is 1.41. The molecule has 8 heteroatoms. The molecule has 0 unspecified atom stereocenters. The molecule has 0 aliphatic rings. The largest absolute Gasteiger partial charge is 0.497 e. The first kappa shape index (κ1) is 19.0. The molecular weight excluding hydrogens is 439 g/mol. The molecule has 0 bridgehead atoms. The molecule has 4 rings (SSSR count). The fourth-order valence-electron chi connectivity index (χ4n) is 2.53. The first-order chi connectivity index (χ1) is 13.1. The number of rotatable bonds is 6. The number of thiazole rings is 2. The van der Waals surface area contributed by atoms with Crippen LogP contribution in [0.15, 0.2) is 46.1 Å². The summed E-state index contributed by atoms with van der Waals surface area (Å²) in [6.07, 6.45) is 0.757. The molecule has 138 valence electrons. The van der Waals surface area contributed by atoms with E-state index in [-0.39, 0.29) is 0 Å². The van der Waals surface area contributed by atoms with Crippen molar-refractivity contribution in [2.24, 2.45) is 0 Å². The standard InChI is InChI=1S/C19H14Cl2N2OS3/c1-24-13-3-5-17-16(8-13)23-19(27-17)26-10-12-9-25-18(22-12)7-11-2-4-14(20)15(21)6-11/h2-6,8-9H,7,10H2,1H3. The highest BCUT2D eigenvalue weighted by Crippen LogP contribution is 2.33. The van der Waals surface area contributed by atoms with Crippen LogP contribution in [-0.2, 0) is 12.2 Å². The molecule has 0 aliphatic heterocycles. The number of hydrogen-bond donors (Lipinski definition) is 0. The van der Waals surface area contributed by atoms with Gasteiger partial charge in [0.1, 0.15) is 5.75 Å². The van der Waals surface area contributed by atoms with Crippen LogP contribution in [0.4, 0.5) is 0 Å². The van der Waals surface area contributed by atoms with E-state index in [0.717, 1.165) is 48.7 Å². The predicted molar refractivity (Wildman–Crippen MR) is 117 cm³/mol. The van der Waals surface area contributed by atoms with E-state index in [1.807, 2.05) is 36.4 Å². The molecule has 3 nitrogen and oxygen atoms in total. The van der Waals surface area contributed by atoms with Gasteiger partial charge in [0.15, 0.2) is 4.34 Å². The number of benzene rings is 2. The van der Waals surface area contributed by atoms with Crippen LogP contribution in [0.2, 0.25) is 10.0 Å². The van der Waals surface area contributed by atoms with Gasteiger partial charge in [0.05, 0.1) is 38.1 Å². The highest BCUT2D eigenvalue weighted by Gasteiger charge is 2.09. The van der Waals surface area contributed by atoms with Crippen LogP contribution in [-0.4, -0.2) is 17.1 Å². The molecule has 0 saturated carbocycles. The average Bonchev–Trinajstić information content (AvgIpc) is 3.28. The van der Waals surface area contributed by atoms with E-state index in [1.165, 1.54) is 0 Å². The Morgan fingerprint density at radius 1 is 1.07 bits per heavy atom. The Morgan fingerprint density at radius 2 is 1.96 bits per heavy atom. The van der Waals surface area contributed by atoms with Crippen molar-refractivity contribution in [2.45, 2.75) is 16.5 Å². The van der Waals surface area contributed by atoms with Crippen LogP contribution >= 0.6 is 57.6 Å². The van der Waals surface area contributed by atoms with Gasteiger partial charge in [0.25, 0.3) is 0 Å². The summed E-state index contributed by atoms with van der Waals surface area (Å²) in [4.78, 5) is 9.41. The second-order valence-corrected chi connectivity index (χ2v) is 9.77. The van der Waals surface area contributed by atoms with Crippen LogP contribution in [0.25, 0.3) is 10.2 Å². The van der Waals surface area contributed by atoms with E-state index in [9.17, 15) is 0 Å². The monoisotopic (exact) mass is 452 g/mol. The van der Waals surface area contributed by atoms with Crippen LogP contribution in [0.5, 0.6) is 5.75 Å². The van der Waals surface area contributed by atoms with Gasteiger partial charge in [-0.25, -0.2) is 9.97 Å². The zero-order valence-electron chi connectivity index (χ0n) is 14.2. The smallest absolute Gasteiger partial charge is 0.151 e. The van der Waals surface area contributed by atoms with E-state index in [2.05, 4.69) is 10.4 Å². The Hall–Kier alpha value is -1.31. The fourth-order valence-corrected chi connectivity index (χ4v) is 5.73. The van der Waals surface area contributed by atoms with Crippen LogP contribution in [0, 0.1) is 0 Å². The van der Waals surface area contributed by atoms with Crippen LogP contribution in [0.1, 0.15) is 16.3 Å². The molecule has 2 aromatic heterocycles. The van der Waals surface area contributed by atoms with Gasteiger partial charge < -0.3 is 4.74 Å². The number of methoxy groups -OCH3 is 1. The maximum atomic E-state index is 6.09. The number of halogens is 2. The minimum absolute atomic E-state index is 0.574. The molecule has 0 aliphatic carbocycles. The van der Waals surface area contributed by atoms with Crippen molar-refractivity contribution < 1.29 is 4.74 Å². The highest BCUT2D eigenvalue weighted by atomic mass is 35.5. The van der Waals surface area contributed by atoms with Crippen molar-refractivity contribution >= 4 is 67.9 Å². The quantitative estimate of drug-likeness (QED) is 0.296. The third-order valence-electron chi connectivity index (χ3n) is 3.86. The first-order valence-corrected chi connectivity index (χ1v) is 11.5. The zero-order valence-corrected chi connectivity index (χ0v) is 18.2. The molecule has 0 saturated heterocycles. The van der Waals surface area contributed by atoms with E-state index in [0.29, 0.717) is 10.0 Å². The molecule has 0 N–H and O–H groups in total. The highest BCUT2D eigenvalue weighted by molar-refractivity contribution is 8.00. The second kappa shape index (κ2) is 8.37. The number of aromatic nitrogens is 2. The number of hydrogen-bond acceptors (Lipinski definition) is 6. The van der Waals surface area contributed by atoms with E-state index in [1.54, 1.807) is 41.5 Å². The van der Waals surface area contributed by atoms with Gasteiger partial charge in [-0.05, 0) is 29.8 Å². The molecule has 0 atom stereocenters. The van der Waals surface area contributed by atoms with Crippen molar-refractivity contribution in [3.8, 4) is 5.75 Å². The number of fused-ring (bicyclic) bond motifs is 1. The lowest BCUT2D eigenvalue weighted by atomic mass is 10.2. The molecule has 0 fully saturated rings. The molecule has 27 heavy (non-hydrogen) atoms. The maximum absolute atomic E-state index is 6.09. The molecule has 2 aromatic carbocycles. The lowest BCUT2D eigenvalue weighted by Crippen LogP contribution is -1.89. The molecular formula is C19H14Cl2N2OS3. The van der Waals surface area contributed by atoms with Crippen molar-refractivity contribution in [3.63, 3.8) is 0 Å². The summed E-state index contributed by atoms with van der Waals surface area (Å²) >= 11 is 17.1. The Kier molecular flexibility index (Phi) is 5.90. The van der Waals surface area contributed by atoms with Gasteiger partial charge >= 0.3 is 0 Å². The lowest BCUT2D eigenvalue weighted by molar-refractivity contribution is 0.415. The summed E-state index contributed by atoms with van der Waals surface area (Å²) in [6.45, 7) is 0. The number of nitrogens with zero attached hydrogens (tertiary/aromatic N) is 2. The van der Waals surface area contributed by atoms with Crippen molar-refractivity contribution in [1.82, 2.24) is 9.97 Å². The normalized spacial score (nSPS) is 11.2. The molecule has 0 spiro atoms. The summed E-state index contributed by atoms with van der Waals surface area (Å²) in [5.74, 6) is 1.63. The Morgan fingerprint density at radius 3 is 2.78 bits per heavy atom. The molecule has 0 radical (unpaired) electrons. The zero-order chi connectivity index (χ0) is 18.8. The van der Waals surface area contributed by atoms with Crippen molar-refractivity contribution in [1.29, 1.82) is 0 Å². The van der Waals surface area contributed by atoms with Crippen molar-refractivity contribution in [2.75, 3.05) is 7.11 Å². The van der Waals surface area contributed by atoms with Gasteiger partial charge in [0, 0.05) is 23.6 Å². The third kappa shape index (κ3) is 4.58. The van der Waals surface area contributed by atoms with Crippen molar-refractivity contribution in [3.05, 3.63) is 68.1 Å². The third-order valence-corrected chi connectivity index (χ3v) is 7.71. The van der Waals surface area contributed by atoms with Gasteiger partial charge in [0.2, 0.25) is 0 Å². The summed E-state index contributed by atoms with van der Waals surface area (Å²) in [5.41, 5.74) is 3.15. The topological polar surface area (TPSA) is 35.0 Å². The van der Waals surface area contributed by atoms with E-state index < -0.39 is 0 Å². The molecule has 4 aromatic rings. The Bertz CT molecular complexity index is 1090. The first-order valence-electron chi connectivity index (χ1n) is 8.05. The SMILES string of the molecule is COc1ccc2sc(SCc3csc(Cc4ccc(Cl)c(Cl)c4)n3)nc2c1. The summed E-state index contributed by atoms with van der Waals surface area (Å²) in [7, 11) is 1.67. The minimum Gasteiger partial charge on any atom is -0.497 e. The predicted octanol–water partition coefficient (Wildman–Crippen LogP) is 6.95. The number of thioether (sulfide) groups is 1. The van der Waals surface area contributed by atoms with Crippen LogP contribution in [0.3, 0.4) is 0 Å². The van der Waals surface area contributed by atoms with Gasteiger partial charge in [-0.3, -0.25) is 0 Å². The summed E-state index contributed by atoms with van der Waals surface area (Å²) in [5, 5.41) is 4.33. The summed E-state index contributed by atoms with van der Waals surface area (Å²) < 4.78 is 7.46.